The average Bonchev–Trinajstić information content (AvgIpc) is 2.44. The minimum Gasteiger partial charge on any atom is -0.293 e. The molecule has 0 N–H and O–H groups in total. The van der Waals surface area contributed by atoms with E-state index >= 15 is 0 Å². The predicted octanol–water partition coefficient (Wildman–Crippen LogP) is 4.41. The summed E-state index contributed by atoms with van der Waals surface area (Å²) in [4.78, 5) is 18.0. The molecule has 0 saturated carbocycles. The van der Waals surface area contributed by atoms with Crippen LogP contribution in [0.15, 0.2) is 45.5 Å². The highest BCUT2D eigenvalue weighted by Gasteiger charge is 2.20. The summed E-state index contributed by atoms with van der Waals surface area (Å²) < 4.78 is 15.3. The van der Waals surface area contributed by atoms with Gasteiger partial charge in [0.05, 0.1) is 5.56 Å². The van der Waals surface area contributed by atoms with Crippen LogP contribution >= 0.6 is 31.9 Å². The molecule has 3 nitrogen and oxygen atoms in total. The monoisotopic (exact) mass is 400 g/mol. The van der Waals surface area contributed by atoms with Crippen molar-refractivity contribution in [3.8, 4) is 0 Å². The van der Waals surface area contributed by atoms with Crippen molar-refractivity contribution in [2.45, 2.75) is 6.92 Å². The van der Waals surface area contributed by atoms with Crippen molar-refractivity contribution in [1.29, 1.82) is 0 Å². The molecule has 104 valence electrons. The van der Waals surface area contributed by atoms with Crippen LogP contribution < -0.4 is 4.90 Å². The van der Waals surface area contributed by atoms with Gasteiger partial charge < -0.3 is 0 Å². The molecule has 2 rings (SSSR count). The van der Waals surface area contributed by atoms with Gasteiger partial charge in [-0.25, -0.2) is 9.37 Å². The SMILES string of the molecule is CCN(C(=O)c1cc(Br)ccc1F)c1ccc(Br)cn1. The minimum atomic E-state index is -0.547. The molecule has 6 heteroatoms. The van der Waals surface area contributed by atoms with Gasteiger partial charge in [-0.1, -0.05) is 15.9 Å². The number of hydrogen-bond acceptors (Lipinski definition) is 2. The zero-order valence-electron chi connectivity index (χ0n) is 10.6. The van der Waals surface area contributed by atoms with Crippen LogP contribution in [-0.4, -0.2) is 17.4 Å². The predicted molar refractivity (Wildman–Crippen MR) is 83.4 cm³/mol. The Labute approximate surface area is 133 Å². The zero-order valence-corrected chi connectivity index (χ0v) is 13.8. The van der Waals surface area contributed by atoms with E-state index in [1.54, 1.807) is 24.4 Å². The molecule has 1 heterocycles. The Morgan fingerprint density at radius 2 is 1.95 bits per heavy atom. The Kier molecular flexibility index (Phi) is 4.88. The van der Waals surface area contributed by atoms with E-state index in [9.17, 15) is 9.18 Å². The first-order valence-corrected chi connectivity index (χ1v) is 7.50. The summed E-state index contributed by atoms with van der Waals surface area (Å²) in [5.41, 5.74) is 0.0194. The second kappa shape index (κ2) is 6.45. The highest BCUT2D eigenvalue weighted by molar-refractivity contribution is 9.10. The molecule has 1 amide bonds. The van der Waals surface area contributed by atoms with E-state index in [4.69, 9.17) is 0 Å². The normalized spacial score (nSPS) is 10.4. The van der Waals surface area contributed by atoms with Crippen molar-refractivity contribution in [1.82, 2.24) is 4.98 Å². The number of anilines is 1. The lowest BCUT2D eigenvalue weighted by atomic mass is 10.2. The summed E-state index contributed by atoms with van der Waals surface area (Å²) in [5.74, 6) is -0.477. The summed E-state index contributed by atoms with van der Waals surface area (Å²) in [6.07, 6.45) is 1.60. The van der Waals surface area contributed by atoms with Gasteiger partial charge in [0.25, 0.3) is 5.91 Å². The van der Waals surface area contributed by atoms with Crippen LogP contribution in [0.1, 0.15) is 17.3 Å². The molecule has 1 aromatic carbocycles. The van der Waals surface area contributed by atoms with Gasteiger partial charge >= 0.3 is 0 Å². The maximum Gasteiger partial charge on any atom is 0.262 e. The summed E-state index contributed by atoms with van der Waals surface area (Å²) in [7, 11) is 0. The van der Waals surface area contributed by atoms with E-state index in [0.717, 1.165) is 4.47 Å². The minimum absolute atomic E-state index is 0.0194. The van der Waals surface area contributed by atoms with Gasteiger partial charge in [0.2, 0.25) is 0 Å². The van der Waals surface area contributed by atoms with Crippen molar-refractivity contribution < 1.29 is 9.18 Å². The van der Waals surface area contributed by atoms with Crippen molar-refractivity contribution >= 4 is 43.6 Å². The van der Waals surface area contributed by atoms with E-state index in [0.29, 0.717) is 16.8 Å². The molecule has 0 unspecified atom stereocenters. The number of aromatic nitrogens is 1. The van der Waals surface area contributed by atoms with E-state index < -0.39 is 11.7 Å². The first-order chi connectivity index (χ1) is 9.52. The van der Waals surface area contributed by atoms with Crippen LogP contribution in [0.4, 0.5) is 10.2 Å². The Bertz CT molecular complexity index is 632. The van der Waals surface area contributed by atoms with Crippen molar-refractivity contribution in [2.75, 3.05) is 11.4 Å². The van der Waals surface area contributed by atoms with Crippen LogP contribution in [0, 0.1) is 5.82 Å². The molecule has 0 spiro atoms. The number of nitrogens with zero attached hydrogens (tertiary/aromatic N) is 2. The van der Waals surface area contributed by atoms with E-state index in [1.165, 1.54) is 17.0 Å². The Morgan fingerprint density at radius 1 is 1.25 bits per heavy atom. The number of rotatable bonds is 3. The lowest BCUT2D eigenvalue weighted by Gasteiger charge is -2.20. The second-order valence-corrected chi connectivity index (χ2v) is 5.84. The summed E-state index contributed by atoms with van der Waals surface area (Å²) >= 11 is 6.53. The standard InChI is InChI=1S/C14H11Br2FN2O/c1-2-19(13-6-4-10(16)8-18-13)14(20)11-7-9(15)3-5-12(11)17/h3-8H,2H2,1H3. The van der Waals surface area contributed by atoms with Gasteiger partial charge in [0.1, 0.15) is 11.6 Å². The third-order valence-electron chi connectivity index (χ3n) is 2.71. The van der Waals surface area contributed by atoms with Crippen molar-refractivity contribution in [3.05, 3.63) is 56.9 Å². The van der Waals surface area contributed by atoms with Crippen molar-refractivity contribution in [3.63, 3.8) is 0 Å². The van der Waals surface area contributed by atoms with Gasteiger partial charge in [-0.05, 0) is 53.2 Å². The third kappa shape index (κ3) is 3.24. The maximum absolute atomic E-state index is 13.8. The van der Waals surface area contributed by atoms with Crippen molar-refractivity contribution in [2.24, 2.45) is 0 Å². The number of hydrogen-bond donors (Lipinski definition) is 0. The zero-order chi connectivity index (χ0) is 14.7. The number of benzene rings is 1. The number of carbonyl (C=O) groups is 1. The Hall–Kier alpha value is -1.27. The quantitative estimate of drug-likeness (QED) is 0.762. The van der Waals surface area contributed by atoms with Crippen LogP contribution in [0.25, 0.3) is 0 Å². The van der Waals surface area contributed by atoms with Gasteiger partial charge in [0, 0.05) is 21.7 Å². The van der Waals surface area contributed by atoms with E-state index in [1.807, 2.05) is 6.92 Å². The Balaban J connectivity index is 2.38. The summed E-state index contributed by atoms with van der Waals surface area (Å²) in [5, 5.41) is 0. The fourth-order valence-electron chi connectivity index (χ4n) is 1.74. The molecule has 0 atom stereocenters. The number of amides is 1. The fourth-order valence-corrected chi connectivity index (χ4v) is 2.34. The lowest BCUT2D eigenvalue weighted by molar-refractivity contribution is 0.0983. The van der Waals surface area contributed by atoms with Crippen LogP contribution in [0.3, 0.4) is 0 Å². The van der Waals surface area contributed by atoms with Gasteiger partial charge in [-0.15, -0.1) is 0 Å². The molecule has 0 aliphatic heterocycles. The molecule has 0 bridgehead atoms. The van der Waals surface area contributed by atoms with E-state index in [2.05, 4.69) is 36.8 Å². The first-order valence-electron chi connectivity index (χ1n) is 5.91. The molecular formula is C14H11Br2FN2O. The smallest absolute Gasteiger partial charge is 0.262 e. The van der Waals surface area contributed by atoms with Crippen LogP contribution in [0.2, 0.25) is 0 Å². The topological polar surface area (TPSA) is 33.2 Å². The highest BCUT2D eigenvalue weighted by Crippen LogP contribution is 2.21. The number of carbonyl (C=O) groups excluding carboxylic acids is 1. The van der Waals surface area contributed by atoms with Crippen LogP contribution in [0.5, 0.6) is 0 Å². The van der Waals surface area contributed by atoms with Crippen LogP contribution in [-0.2, 0) is 0 Å². The molecule has 0 aliphatic rings. The maximum atomic E-state index is 13.8. The number of halogens is 3. The molecule has 0 fully saturated rings. The first kappa shape index (κ1) is 15.1. The third-order valence-corrected chi connectivity index (χ3v) is 3.67. The van der Waals surface area contributed by atoms with E-state index in [-0.39, 0.29) is 5.56 Å². The molecule has 0 radical (unpaired) electrons. The fraction of sp³-hybridized carbons (Fsp3) is 0.143. The summed E-state index contributed by atoms with van der Waals surface area (Å²) in [6, 6.07) is 7.79. The Morgan fingerprint density at radius 3 is 2.55 bits per heavy atom. The highest BCUT2D eigenvalue weighted by atomic mass is 79.9. The molecule has 1 aromatic heterocycles. The molecule has 20 heavy (non-hydrogen) atoms. The molecule has 0 saturated heterocycles. The summed E-state index contributed by atoms with van der Waals surface area (Å²) in [6.45, 7) is 2.22. The molecule has 2 aromatic rings. The second-order valence-electron chi connectivity index (χ2n) is 4.01. The lowest BCUT2D eigenvalue weighted by Crippen LogP contribution is -2.32. The van der Waals surface area contributed by atoms with Gasteiger partial charge in [-0.3, -0.25) is 9.69 Å². The largest absolute Gasteiger partial charge is 0.293 e. The van der Waals surface area contributed by atoms with Gasteiger partial charge in [-0.2, -0.15) is 0 Å². The van der Waals surface area contributed by atoms with Gasteiger partial charge in [0.15, 0.2) is 0 Å². The molecule has 0 aliphatic carbocycles. The average molecular weight is 402 g/mol. The number of pyridine rings is 1. The molecular weight excluding hydrogens is 391 g/mol.